The molecular weight excluding hydrogens is 145 g/mol. The summed E-state index contributed by atoms with van der Waals surface area (Å²) in [5.74, 6) is 0.239. The Hall–Kier alpha value is -0.973. The summed E-state index contributed by atoms with van der Waals surface area (Å²) in [7, 11) is 0. The van der Waals surface area contributed by atoms with Crippen molar-refractivity contribution in [1.29, 1.82) is 0 Å². The number of fused-ring (bicyclic) bond motifs is 1. The normalized spacial score (nSPS) is 9.33. The van der Waals surface area contributed by atoms with Gasteiger partial charge in [0.2, 0.25) is 0 Å². The number of para-hydroxylation sites is 1. The predicted molar refractivity (Wildman–Crippen MR) is 50.6 cm³/mol. The van der Waals surface area contributed by atoms with Gasteiger partial charge in [0, 0.05) is 11.6 Å². The molecule has 1 N–H and O–H groups in total. The van der Waals surface area contributed by atoms with E-state index in [0.717, 1.165) is 5.39 Å². The standard InChI is InChI=1S/C9H7NO.Li.H/c11-8-5-1-3-7-4-2-6-10-9(7)8;;/h1-6,11H;;. The summed E-state index contributed by atoms with van der Waals surface area (Å²) in [5, 5.41) is 10.3. The van der Waals surface area contributed by atoms with E-state index in [1.165, 1.54) is 0 Å². The second kappa shape index (κ2) is 3.62. The van der Waals surface area contributed by atoms with E-state index in [-0.39, 0.29) is 24.6 Å². The third-order valence-corrected chi connectivity index (χ3v) is 1.61. The molecule has 0 spiro atoms. The Bertz CT molecular complexity index is 384. The molecule has 0 aliphatic carbocycles. The van der Waals surface area contributed by atoms with Crippen molar-refractivity contribution in [3.05, 3.63) is 36.5 Å². The summed E-state index contributed by atoms with van der Waals surface area (Å²) in [6.07, 6.45) is 1.67. The minimum atomic E-state index is 0. The Morgan fingerprint density at radius 2 is 1.83 bits per heavy atom. The van der Waals surface area contributed by atoms with Gasteiger partial charge in [-0.05, 0) is 12.1 Å². The predicted octanol–water partition coefficient (Wildman–Crippen LogP) is 1.29. The van der Waals surface area contributed by atoms with Crippen LogP contribution in [0.4, 0.5) is 0 Å². The molecule has 0 amide bonds. The molecule has 0 saturated carbocycles. The third-order valence-electron chi connectivity index (χ3n) is 1.61. The van der Waals surface area contributed by atoms with Crippen LogP contribution in [0.1, 0.15) is 0 Å². The summed E-state index contributed by atoms with van der Waals surface area (Å²) >= 11 is 0. The SMILES string of the molecule is Oc1cccc2cccnc12.[LiH]. The van der Waals surface area contributed by atoms with Gasteiger partial charge >= 0.3 is 18.9 Å². The number of aromatic hydroxyl groups is 1. The Morgan fingerprint density at radius 3 is 2.58 bits per heavy atom. The number of aromatic nitrogens is 1. The second-order valence-corrected chi connectivity index (χ2v) is 2.35. The van der Waals surface area contributed by atoms with E-state index >= 15 is 0 Å². The van der Waals surface area contributed by atoms with Crippen molar-refractivity contribution in [2.24, 2.45) is 0 Å². The van der Waals surface area contributed by atoms with E-state index in [9.17, 15) is 5.11 Å². The molecule has 0 aliphatic rings. The summed E-state index contributed by atoms with van der Waals surface area (Å²) in [4.78, 5) is 4.03. The van der Waals surface area contributed by atoms with Crippen molar-refractivity contribution in [2.75, 3.05) is 0 Å². The third kappa shape index (κ3) is 1.45. The summed E-state index contributed by atoms with van der Waals surface area (Å²) in [6, 6.07) is 9.13. The van der Waals surface area contributed by atoms with E-state index < -0.39 is 0 Å². The Labute approximate surface area is 82.4 Å². The zero-order valence-electron chi connectivity index (χ0n) is 5.86. The number of benzene rings is 1. The molecule has 1 aromatic carbocycles. The van der Waals surface area contributed by atoms with Crippen LogP contribution in [-0.4, -0.2) is 29.0 Å². The number of pyridine rings is 1. The first kappa shape index (κ1) is 9.12. The molecule has 12 heavy (non-hydrogen) atoms. The molecule has 56 valence electrons. The Morgan fingerprint density at radius 1 is 1.08 bits per heavy atom. The van der Waals surface area contributed by atoms with Gasteiger partial charge in [-0.15, -0.1) is 0 Å². The van der Waals surface area contributed by atoms with E-state index in [2.05, 4.69) is 4.98 Å². The van der Waals surface area contributed by atoms with Gasteiger partial charge in [0.1, 0.15) is 11.3 Å². The molecular formula is C9H8LiNO. The first-order chi connectivity index (χ1) is 5.38. The van der Waals surface area contributed by atoms with Crippen molar-refractivity contribution in [3.8, 4) is 5.75 Å². The van der Waals surface area contributed by atoms with Crippen LogP contribution in [-0.2, 0) is 0 Å². The Balaban J connectivity index is 0.000000720. The molecule has 0 atom stereocenters. The zero-order chi connectivity index (χ0) is 7.68. The first-order valence-corrected chi connectivity index (χ1v) is 3.40. The van der Waals surface area contributed by atoms with Crippen molar-refractivity contribution < 1.29 is 5.11 Å². The molecule has 0 saturated heterocycles. The number of phenolic OH excluding ortho intramolecular Hbond substituents is 1. The molecule has 2 nitrogen and oxygen atoms in total. The van der Waals surface area contributed by atoms with E-state index in [1.807, 2.05) is 18.2 Å². The number of rotatable bonds is 0. The molecule has 2 rings (SSSR count). The van der Waals surface area contributed by atoms with E-state index in [0.29, 0.717) is 5.52 Å². The molecule has 3 heteroatoms. The molecule has 1 aromatic heterocycles. The van der Waals surface area contributed by atoms with Gasteiger partial charge in [-0.3, -0.25) is 4.98 Å². The molecule has 0 radical (unpaired) electrons. The maximum atomic E-state index is 9.31. The minimum absolute atomic E-state index is 0. The van der Waals surface area contributed by atoms with Crippen molar-refractivity contribution in [1.82, 2.24) is 4.98 Å². The fourth-order valence-electron chi connectivity index (χ4n) is 1.09. The summed E-state index contributed by atoms with van der Waals surface area (Å²) in [6.45, 7) is 0. The molecule has 0 unspecified atom stereocenters. The fraction of sp³-hybridized carbons (Fsp3) is 0. The van der Waals surface area contributed by atoms with Gasteiger partial charge in [-0.1, -0.05) is 18.2 Å². The van der Waals surface area contributed by atoms with Gasteiger partial charge in [-0.2, -0.15) is 0 Å². The van der Waals surface area contributed by atoms with Crippen molar-refractivity contribution >= 4 is 29.8 Å². The van der Waals surface area contributed by atoms with Crippen LogP contribution < -0.4 is 0 Å². The van der Waals surface area contributed by atoms with Crippen LogP contribution in [0, 0.1) is 0 Å². The van der Waals surface area contributed by atoms with Crippen LogP contribution in [0.15, 0.2) is 36.5 Å². The monoisotopic (exact) mass is 153 g/mol. The van der Waals surface area contributed by atoms with Crippen LogP contribution in [0.2, 0.25) is 0 Å². The first-order valence-electron chi connectivity index (χ1n) is 3.40. The number of hydrogen-bond donors (Lipinski definition) is 1. The summed E-state index contributed by atoms with van der Waals surface area (Å²) in [5.41, 5.74) is 0.662. The Kier molecular flexibility index (Phi) is 2.75. The average Bonchev–Trinajstić information content (AvgIpc) is 2.06. The van der Waals surface area contributed by atoms with Gasteiger partial charge in [0.25, 0.3) is 0 Å². The molecule has 0 fully saturated rings. The zero-order valence-corrected chi connectivity index (χ0v) is 5.86. The summed E-state index contributed by atoms with van der Waals surface area (Å²) < 4.78 is 0. The molecule has 1 heterocycles. The van der Waals surface area contributed by atoms with E-state index in [4.69, 9.17) is 0 Å². The maximum absolute atomic E-state index is 9.31. The van der Waals surface area contributed by atoms with Crippen LogP contribution in [0.25, 0.3) is 10.9 Å². The topological polar surface area (TPSA) is 33.1 Å². The molecule has 2 aromatic rings. The average molecular weight is 153 g/mol. The van der Waals surface area contributed by atoms with Gasteiger partial charge in [0.15, 0.2) is 0 Å². The van der Waals surface area contributed by atoms with Crippen molar-refractivity contribution in [2.45, 2.75) is 0 Å². The number of phenols is 1. The van der Waals surface area contributed by atoms with Crippen LogP contribution in [0.3, 0.4) is 0 Å². The van der Waals surface area contributed by atoms with Gasteiger partial charge in [0.05, 0.1) is 0 Å². The second-order valence-electron chi connectivity index (χ2n) is 2.35. The number of hydrogen-bond acceptors (Lipinski definition) is 2. The van der Waals surface area contributed by atoms with Crippen molar-refractivity contribution in [3.63, 3.8) is 0 Å². The molecule has 0 bridgehead atoms. The fourth-order valence-corrected chi connectivity index (χ4v) is 1.09. The molecule has 0 aliphatic heterocycles. The number of nitrogens with zero attached hydrogens (tertiary/aromatic N) is 1. The van der Waals surface area contributed by atoms with E-state index in [1.54, 1.807) is 18.3 Å². The van der Waals surface area contributed by atoms with Crippen LogP contribution in [0.5, 0.6) is 5.75 Å². The quantitative estimate of drug-likeness (QED) is 0.578. The van der Waals surface area contributed by atoms with Gasteiger partial charge in [-0.25, -0.2) is 0 Å². The van der Waals surface area contributed by atoms with Crippen LogP contribution >= 0.6 is 0 Å². The van der Waals surface area contributed by atoms with Gasteiger partial charge < -0.3 is 5.11 Å².